The number of aryl methyl sites for hydroxylation is 1. The summed E-state index contributed by atoms with van der Waals surface area (Å²) in [5.41, 5.74) is 0.347. The molecule has 0 saturated heterocycles. The van der Waals surface area contributed by atoms with Gasteiger partial charge in [-0.25, -0.2) is 14.4 Å². The van der Waals surface area contributed by atoms with Crippen molar-refractivity contribution in [3.8, 4) is 5.75 Å². The zero-order valence-electron chi connectivity index (χ0n) is 10.9. The van der Waals surface area contributed by atoms with E-state index in [0.717, 1.165) is 0 Å². The number of methoxy groups -OCH3 is 1. The second-order valence-corrected chi connectivity index (χ2v) is 4.19. The summed E-state index contributed by atoms with van der Waals surface area (Å²) >= 11 is 0. The molecule has 2 aromatic heterocycles. The fourth-order valence-corrected chi connectivity index (χ4v) is 1.91. The van der Waals surface area contributed by atoms with E-state index in [-0.39, 0.29) is 5.82 Å². The number of nitrogens with zero attached hydrogens (tertiary/aromatic N) is 3. The molecule has 0 aliphatic carbocycles. The maximum absolute atomic E-state index is 13.6. The van der Waals surface area contributed by atoms with Crippen molar-refractivity contribution in [1.82, 2.24) is 20.2 Å². The summed E-state index contributed by atoms with van der Waals surface area (Å²) in [6.45, 7) is 1.77. The van der Waals surface area contributed by atoms with E-state index in [0.29, 0.717) is 34.1 Å². The van der Waals surface area contributed by atoms with Gasteiger partial charge < -0.3 is 10.1 Å². The minimum Gasteiger partial charge on any atom is -0.491 e. The molecule has 2 N–H and O–H groups in total. The number of ether oxygens (including phenoxy) is 1. The lowest BCUT2D eigenvalue weighted by Gasteiger charge is -2.08. The van der Waals surface area contributed by atoms with Crippen LogP contribution in [-0.2, 0) is 0 Å². The molecule has 3 rings (SSSR count). The van der Waals surface area contributed by atoms with Gasteiger partial charge in [0.1, 0.15) is 17.2 Å². The largest absolute Gasteiger partial charge is 0.491 e. The van der Waals surface area contributed by atoms with Crippen LogP contribution in [0.3, 0.4) is 0 Å². The van der Waals surface area contributed by atoms with Crippen molar-refractivity contribution in [2.24, 2.45) is 0 Å². The van der Waals surface area contributed by atoms with Gasteiger partial charge in [-0.1, -0.05) is 6.07 Å². The Morgan fingerprint density at radius 3 is 2.95 bits per heavy atom. The smallest absolute Gasteiger partial charge is 0.179 e. The lowest BCUT2D eigenvalue weighted by Crippen LogP contribution is -2.01. The van der Waals surface area contributed by atoms with E-state index in [1.54, 1.807) is 25.3 Å². The molecule has 2 heterocycles. The van der Waals surface area contributed by atoms with E-state index < -0.39 is 0 Å². The predicted octanol–water partition coefficient (Wildman–Crippen LogP) is 2.55. The van der Waals surface area contributed by atoms with Crippen molar-refractivity contribution < 1.29 is 9.13 Å². The number of rotatable bonds is 3. The van der Waals surface area contributed by atoms with Gasteiger partial charge in [0.25, 0.3) is 0 Å². The zero-order chi connectivity index (χ0) is 14.1. The first-order valence-electron chi connectivity index (χ1n) is 5.96. The molecule has 0 atom stereocenters. The van der Waals surface area contributed by atoms with Crippen LogP contribution in [0.2, 0.25) is 0 Å². The molecule has 0 bridgehead atoms. The van der Waals surface area contributed by atoms with Gasteiger partial charge in [-0.2, -0.15) is 5.10 Å². The summed E-state index contributed by atoms with van der Waals surface area (Å²) in [5.74, 6) is 1.70. The number of benzene rings is 1. The molecule has 0 aliphatic heterocycles. The number of fused-ring (bicyclic) bond motifs is 1. The van der Waals surface area contributed by atoms with Crippen LogP contribution in [0.4, 0.5) is 16.0 Å². The van der Waals surface area contributed by atoms with Crippen LogP contribution in [0.15, 0.2) is 24.4 Å². The van der Waals surface area contributed by atoms with E-state index in [4.69, 9.17) is 4.74 Å². The second kappa shape index (κ2) is 4.76. The van der Waals surface area contributed by atoms with Crippen molar-refractivity contribution in [1.29, 1.82) is 0 Å². The fraction of sp³-hybridized carbons (Fsp3) is 0.154. The Hall–Kier alpha value is -2.70. The molecule has 0 aliphatic rings. The molecular formula is C13H12FN5O. The summed E-state index contributed by atoms with van der Waals surface area (Å²) in [6.07, 6.45) is 1.57. The van der Waals surface area contributed by atoms with Crippen molar-refractivity contribution in [3.05, 3.63) is 36.0 Å². The molecule has 1 aromatic carbocycles. The summed E-state index contributed by atoms with van der Waals surface area (Å²) in [6, 6.07) is 4.77. The lowest BCUT2D eigenvalue weighted by molar-refractivity contribution is 0.412. The maximum atomic E-state index is 13.6. The van der Waals surface area contributed by atoms with Crippen LogP contribution in [-0.4, -0.2) is 27.3 Å². The quantitative estimate of drug-likeness (QED) is 0.767. The van der Waals surface area contributed by atoms with Crippen molar-refractivity contribution in [2.75, 3.05) is 12.4 Å². The molecule has 0 amide bonds. The summed E-state index contributed by atoms with van der Waals surface area (Å²) < 4.78 is 18.8. The van der Waals surface area contributed by atoms with Gasteiger partial charge in [0, 0.05) is 5.39 Å². The van der Waals surface area contributed by atoms with Crippen molar-refractivity contribution >= 4 is 22.5 Å². The standard InChI is InChI=1S/C13H12FN5O/c1-7-15-6-10(20-2)13(16-7)17-12-8-4-3-5-9(14)11(8)18-19-12/h3-6H,1-2H3,(H2,15,16,17,18,19). The maximum Gasteiger partial charge on any atom is 0.179 e. The van der Waals surface area contributed by atoms with Gasteiger partial charge in [0.05, 0.1) is 13.3 Å². The number of anilines is 2. The molecule has 0 saturated carbocycles. The van der Waals surface area contributed by atoms with Crippen molar-refractivity contribution in [3.63, 3.8) is 0 Å². The normalized spacial score (nSPS) is 10.8. The highest BCUT2D eigenvalue weighted by atomic mass is 19.1. The van der Waals surface area contributed by atoms with E-state index in [1.807, 2.05) is 0 Å². The predicted molar refractivity (Wildman–Crippen MR) is 72.7 cm³/mol. The van der Waals surface area contributed by atoms with Crippen LogP contribution < -0.4 is 10.1 Å². The average Bonchev–Trinajstić information content (AvgIpc) is 2.84. The molecule has 7 heteroatoms. The number of hydrogen-bond donors (Lipinski definition) is 2. The van der Waals surface area contributed by atoms with E-state index in [9.17, 15) is 4.39 Å². The number of aromatic amines is 1. The Bertz CT molecular complexity index is 771. The topological polar surface area (TPSA) is 75.7 Å². The molecule has 0 unspecified atom stereocenters. The number of nitrogens with one attached hydrogen (secondary N) is 2. The van der Waals surface area contributed by atoms with Gasteiger partial charge in [-0.15, -0.1) is 0 Å². The van der Waals surface area contributed by atoms with Crippen LogP contribution in [0.1, 0.15) is 5.82 Å². The van der Waals surface area contributed by atoms with Crippen molar-refractivity contribution in [2.45, 2.75) is 6.92 Å². The van der Waals surface area contributed by atoms with E-state index in [1.165, 1.54) is 13.2 Å². The van der Waals surface area contributed by atoms with Crippen LogP contribution >= 0.6 is 0 Å². The summed E-state index contributed by atoms with van der Waals surface area (Å²) in [7, 11) is 1.53. The van der Waals surface area contributed by atoms with E-state index in [2.05, 4.69) is 25.5 Å². The summed E-state index contributed by atoms with van der Waals surface area (Å²) in [4.78, 5) is 8.31. The van der Waals surface area contributed by atoms with Crippen LogP contribution in [0.5, 0.6) is 5.75 Å². The monoisotopic (exact) mass is 273 g/mol. The van der Waals surface area contributed by atoms with Crippen LogP contribution in [0.25, 0.3) is 10.9 Å². The highest BCUT2D eigenvalue weighted by Crippen LogP contribution is 2.28. The van der Waals surface area contributed by atoms with Gasteiger partial charge in [-0.3, -0.25) is 5.10 Å². The third-order valence-corrected chi connectivity index (χ3v) is 2.88. The number of aromatic nitrogens is 4. The van der Waals surface area contributed by atoms with Crippen LogP contribution in [0, 0.1) is 12.7 Å². The van der Waals surface area contributed by atoms with Gasteiger partial charge >= 0.3 is 0 Å². The third-order valence-electron chi connectivity index (χ3n) is 2.88. The number of para-hydroxylation sites is 1. The molecule has 6 nitrogen and oxygen atoms in total. The SMILES string of the molecule is COc1cnc(C)nc1Nc1n[nH]c2c(F)cccc12. The van der Waals surface area contributed by atoms with Gasteiger partial charge in [0.2, 0.25) is 0 Å². The third kappa shape index (κ3) is 2.03. The second-order valence-electron chi connectivity index (χ2n) is 4.19. The minimum atomic E-state index is -0.353. The summed E-state index contributed by atoms with van der Waals surface area (Å²) in [5, 5.41) is 10.4. The Morgan fingerprint density at radius 2 is 2.15 bits per heavy atom. The number of H-pyrrole nitrogens is 1. The molecule has 3 aromatic rings. The fourth-order valence-electron chi connectivity index (χ4n) is 1.91. The zero-order valence-corrected chi connectivity index (χ0v) is 10.9. The average molecular weight is 273 g/mol. The number of hydrogen-bond acceptors (Lipinski definition) is 5. The Labute approximate surface area is 114 Å². The Kier molecular flexibility index (Phi) is 2.94. The van der Waals surface area contributed by atoms with E-state index >= 15 is 0 Å². The highest BCUT2D eigenvalue weighted by molar-refractivity contribution is 5.91. The first-order chi connectivity index (χ1) is 9.69. The number of halogens is 1. The highest BCUT2D eigenvalue weighted by Gasteiger charge is 2.12. The molecule has 0 radical (unpaired) electrons. The molecule has 102 valence electrons. The molecule has 0 spiro atoms. The molecular weight excluding hydrogens is 261 g/mol. The first-order valence-corrected chi connectivity index (χ1v) is 5.96. The van der Waals surface area contributed by atoms with Gasteiger partial charge in [-0.05, 0) is 19.1 Å². The first kappa shape index (κ1) is 12.3. The minimum absolute atomic E-state index is 0.347. The Balaban J connectivity index is 2.06. The Morgan fingerprint density at radius 1 is 1.30 bits per heavy atom. The molecule has 20 heavy (non-hydrogen) atoms. The van der Waals surface area contributed by atoms with Gasteiger partial charge in [0.15, 0.2) is 17.4 Å². The lowest BCUT2D eigenvalue weighted by atomic mass is 10.2. The molecule has 0 fully saturated rings.